The van der Waals surface area contributed by atoms with Gasteiger partial charge in [-0.1, -0.05) is 6.92 Å². The molecule has 0 aromatic heterocycles. The molecule has 11 nitrogen and oxygen atoms in total. The first-order valence-electron chi connectivity index (χ1n) is 11.7. The fraction of sp³-hybridized carbons (Fsp3) is 0.727. The van der Waals surface area contributed by atoms with Crippen molar-refractivity contribution in [3.8, 4) is 0 Å². The SMILES string of the molecule is CNCC(=O)N[C@H](C)[C@H]1C(=O)N2C(C(=O)O)=C(S[C@@H]3CN[C@H](C(=O)N4CCC(O)C4)C3)[C@H](C)[C@H]12. The van der Waals surface area contributed by atoms with Gasteiger partial charge in [0, 0.05) is 41.7 Å². The van der Waals surface area contributed by atoms with E-state index in [1.54, 1.807) is 18.9 Å². The topological polar surface area (TPSA) is 151 Å². The third-order valence-electron chi connectivity index (χ3n) is 7.21. The Morgan fingerprint density at radius 2 is 2.06 bits per heavy atom. The molecule has 7 atom stereocenters. The van der Waals surface area contributed by atoms with E-state index < -0.39 is 24.0 Å². The number of likely N-dealkylation sites (tertiary alicyclic amines) is 1. The number of nitrogens with one attached hydrogen (secondary N) is 3. The molecule has 1 unspecified atom stereocenters. The van der Waals surface area contributed by atoms with Crippen LogP contribution in [0.1, 0.15) is 26.7 Å². The van der Waals surface area contributed by atoms with Crippen molar-refractivity contribution in [3.63, 3.8) is 0 Å². The van der Waals surface area contributed by atoms with Crippen molar-refractivity contribution in [2.24, 2.45) is 11.8 Å². The molecule has 188 valence electrons. The van der Waals surface area contributed by atoms with E-state index in [0.717, 1.165) is 0 Å². The lowest BCUT2D eigenvalue weighted by Gasteiger charge is -2.47. The minimum absolute atomic E-state index is 0.00622. The van der Waals surface area contributed by atoms with Crippen molar-refractivity contribution in [2.45, 2.75) is 56.2 Å². The molecule has 12 heteroatoms. The van der Waals surface area contributed by atoms with Gasteiger partial charge < -0.3 is 36.0 Å². The number of fused-ring (bicyclic) bond motifs is 1. The lowest BCUT2D eigenvalue weighted by molar-refractivity contribution is -0.158. The van der Waals surface area contributed by atoms with E-state index in [-0.39, 0.29) is 53.2 Å². The Kier molecular flexibility index (Phi) is 7.22. The van der Waals surface area contributed by atoms with Gasteiger partial charge in [0.1, 0.15) is 5.70 Å². The lowest BCUT2D eigenvalue weighted by Crippen LogP contribution is -2.66. The molecule has 0 aromatic rings. The minimum atomic E-state index is -1.14. The zero-order chi connectivity index (χ0) is 24.7. The Morgan fingerprint density at radius 3 is 2.68 bits per heavy atom. The van der Waals surface area contributed by atoms with Crippen molar-refractivity contribution in [1.29, 1.82) is 0 Å². The average Bonchev–Trinajstić information content (AvgIpc) is 3.46. The van der Waals surface area contributed by atoms with Crippen LogP contribution in [-0.4, -0.2) is 106 Å². The van der Waals surface area contributed by atoms with Gasteiger partial charge in [-0.25, -0.2) is 4.79 Å². The molecule has 0 spiro atoms. The average molecular weight is 496 g/mol. The van der Waals surface area contributed by atoms with Gasteiger partial charge in [0.15, 0.2) is 0 Å². The molecule has 4 heterocycles. The molecule has 4 aliphatic heterocycles. The molecule has 0 radical (unpaired) electrons. The zero-order valence-corrected chi connectivity index (χ0v) is 20.4. The largest absolute Gasteiger partial charge is 0.477 e. The van der Waals surface area contributed by atoms with Gasteiger partial charge >= 0.3 is 5.97 Å². The van der Waals surface area contributed by atoms with E-state index in [0.29, 0.717) is 37.4 Å². The normalized spacial score (nSPS) is 33.7. The van der Waals surface area contributed by atoms with Gasteiger partial charge in [0.2, 0.25) is 17.7 Å². The number of β-lactam (4-membered cyclic amide) rings is 1. The van der Waals surface area contributed by atoms with Gasteiger partial charge in [0.05, 0.1) is 30.7 Å². The Morgan fingerprint density at radius 1 is 1.32 bits per heavy atom. The van der Waals surface area contributed by atoms with Gasteiger partial charge in [-0.2, -0.15) is 0 Å². The molecule has 0 saturated carbocycles. The molecule has 34 heavy (non-hydrogen) atoms. The molecule has 0 aromatic carbocycles. The summed E-state index contributed by atoms with van der Waals surface area (Å²) in [5.41, 5.74) is 0.0231. The maximum atomic E-state index is 13.0. The first-order valence-corrected chi connectivity index (χ1v) is 12.6. The van der Waals surface area contributed by atoms with E-state index in [1.165, 1.54) is 16.7 Å². The number of β-amino-alcohol motifs (C(OH)–C–C–N with tert-alkyl or cyclic N) is 1. The third kappa shape index (κ3) is 4.43. The molecule has 4 rings (SSSR count). The standard InChI is InChI=1S/C22H33N5O6S/c1-10-17-16(11(2)25-15(29)8-23-3)21(31)27(17)18(22(32)33)19(10)34-13-6-14(24-7-13)20(30)26-5-4-12(28)9-26/h10-14,16-17,23-24,28H,4-9H2,1-3H3,(H,25,29)(H,32,33)/t10-,11-,12?,13+,14+,16-,17-/m1/s1. The van der Waals surface area contributed by atoms with Crippen LogP contribution in [0.3, 0.4) is 0 Å². The second kappa shape index (κ2) is 9.84. The highest BCUT2D eigenvalue weighted by atomic mass is 32.2. The predicted molar refractivity (Wildman–Crippen MR) is 124 cm³/mol. The summed E-state index contributed by atoms with van der Waals surface area (Å²) in [7, 11) is 1.66. The fourth-order valence-corrected chi connectivity index (χ4v) is 7.05. The highest BCUT2D eigenvalue weighted by Crippen LogP contribution is 2.51. The summed E-state index contributed by atoms with van der Waals surface area (Å²) in [5.74, 6) is -2.35. The van der Waals surface area contributed by atoms with Crippen molar-refractivity contribution < 1.29 is 29.4 Å². The Labute approximate surface area is 202 Å². The van der Waals surface area contributed by atoms with Crippen LogP contribution in [0.25, 0.3) is 0 Å². The number of carboxylic acid groups (broad SMARTS) is 1. The van der Waals surface area contributed by atoms with E-state index in [1.807, 2.05) is 6.92 Å². The number of hydrogen-bond acceptors (Lipinski definition) is 8. The number of carbonyl (C=O) groups is 4. The van der Waals surface area contributed by atoms with Crippen LogP contribution in [0.15, 0.2) is 10.6 Å². The first-order chi connectivity index (χ1) is 16.1. The van der Waals surface area contributed by atoms with E-state index in [2.05, 4.69) is 16.0 Å². The van der Waals surface area contributed by atoms with Gasteiger partial charge in [-0.15, -0.1) is 11.8 Å². The maximum absolute atomic E-state index is 13.0. The quantitative estimate of drug-likeness (QED) is 0.255. The summed E-state index contributed by atoms with van der Waals surface area (Å²) in [6, 6.07) is -1.09. The van der Waals surface area contributed by atoms with E-state index in [4.69, 9.17) is 0 Å². The maximum Gasteiger partial charge on any atom is 0.353 e. The third-order valence-corrected chi connectivity index (χ3v) is 8.72. The summed E-state index contributed by atoms with van der Waals surface area (Å²) >= 11 is 1.43. The fourth-order valence-electron chi connectivity index (χ4n) is 5.58. The molecule has 0 aliphatic carbocycles. The molecule has 5 N–H and O–H groups in total. The molecule has 3 amide bonds. The number of amides is 3. The van der Waals surface area contributed by atoms with Crippen molar-refractivity contribution >= 4 is 35.5 Å². The van der Waals surface area contributed by atoms with Crippen molar-refractivity contribution in [1.82, 2.24) is 25.8 Å². The van der Waals surface area contributed by atoms with Gasteiger partial charge in [-0.05, 0) is 26.8 Å². The smallest absolute Gasteiger partial charge is 0.353 e. The van der Waals surface area contributed by atoms with Crippen LogP contribution in [-0.2, 0) is 19.2 Å². The minimum Gasteiger partial charge on any atom is -0.477 e. The lowest BCUT2D eigenvalue weighted by atomic mass is 9.78. The molecule has 3 fully saturated rings. The van der Waals surface area contributed by atoms with Crippen LogP contribution in [0.4, 0.5) is 0 Å². The van der Waals surface area contributed by atoms with Crippen LogP contribution in [0.5, 0.6) is 0 Å². The molecular formula is C22H33N5O6S. The number of carboxylic acids is 1. The summed E-state index contributed by atoms with van der Waals surface area (Å²) in [6.45, 7) is 5.29. The number of hydrogen-bond donors (Lipinski definition) is 5. The predicted octanol–water partition coefficient (Wildman–Crippen LogP) is -1.46. The van der Waals surface area contributed by atoms with Gasteiger partial charge in [-0.3, -0.25) is 14.4 Å². The van der Waals surface area contributed by atoms with E-state index >= 15 is 0 Å². The number of likely N-dealkylation sites (N-methyl/N-ethyl adjacent to an activating group) is 1. The molecular weight excluding hydrogens is 462 g/mol. The Balaban J connectivity index is 1.43. The highest BCUT2D eigenvalue weighted by Gasteiger charge is 2.60. The number of aliphatic hydroxyl groups is 1. The number of aliphatic carboxylic acids is 1. The van der Waals surface area contributed by atoms with Crippen LogP contribution in [0, 0.1) is 11.8 Å². The summed E-state index contributed by atoms with van der Waals surface area (Å²) in [4.78, 5) is 53.5. The monoisotopic (exact) mass is 495 g/mol. The molecule has 3 saturated heterocycles. The number of rotatable bonds is 8. The highest BCUT2D eigenvalue weighted by molar-refractivity contribution is 8.03. The van der Waals surface area contributed by atoms with Crippen molar-refractivity contribution in [2.75, 3.05) is 33.2 Å². The second-order valence-electron chi connectivity index (χ2n) is 9.58. The van der Waals surface area contributed by atoms with Crippen LogP contribution in [0.2, 0.25) is 0 Å². The number of carbonyl (C=O) groups excluding carboxylic acids is 3. The summed E-state index contributed by atoms with van der Waals surface area (Å²) in [6.07, 6.45) is 0.666. The summed E-state index contributed by atoms with van der Waals surface area (Å²) in [5, 5.41) is 28.5. The van der Waals surface area contributed by atoms with Gasteiger partial charge in [0.25, 0.3) is 0 Å². The zero-order valence-electron chi connectivity index (χ0n) is 19.6. The number of thioether (sulfide) groups is 1. The van der Waals surface area contributed by atoms with Crippen LogP contribution < -0.4 is 16.0 Å². The Hall–Kier alpha value is -2.15. The Bertz CT molecular complexity index is 912. The van der Waals surface area contributed by atoms with Crippen molar-refractivity contribution in [3.05, 3.63) is 10.6 Å². The summed E-state index contributed by atoms with van der Waals surface area (Å²) < 4.78 is 0. The van der Waals surface area contributed by atoms with Crippen LogP contribution >= 0.6 is 11.8 Å². The molecule has 0 bridgehead atoms. The number of aliphatic hydroxyl groups excluding tert-OH is 1. The van der Waals surface area contributed by atoms with E-state index in [9.17, 15) is 29.4 Å². The molecule has 4 aliphatic rings. The first kappa shape index (κ1) is 25.0. The number of nitrogens with zero attached hydrogens (tertiary/aromatic N) is 2. The second-order valence-corrected chi connectivity index (χ2v) is 10.9.